The second kappa shape index (κ2) is 11.0. The van der Waals surface area contributed by atoms with Crippen LogP contribution in [0.25, 0.3) is 0 Å². The van der Waals surface area contributed by atoms with Gasteiger partial charge in [-0.2, -0.15) is 0 Å². The molecule has 1 aromatic carbocycles. The molecule has 128 valence electrons. The predicted molar refractivity (Wildman–Crippen MR) is 99.0 cm³/mol. The van der Waals surface area contributed by atoms with Crippen molar-refractivity contribution >= 4 is 28.9 Å². The van der Waals surface area contributed by atoms with E-state index in [2.05, 4.69) is 10.6 Å². The number of nitrogens with one attached hydrogen (secondary N) is 2. The normalized spacial score (nSPS) is 10.2. The molecule has 5 nitrogen and oxygen atoms in total. The summed E-state index contributed by atoms with van der Waals surface area (Å²) in [6.45, 7) is 9.60. The van der Waals surface area contributed by atoms with Crippen molar-refractivity contribution in [3.05, 3.63) is 29.8 Å². The van der Waals surface area contributed by atoms with Crippen molar-refractivity contribution in [2.75, 3.05) is 38.2 Å². The number of anilines is 1. The van der Waals surface area contributed by atoms with Crippen LogP contribution >= 0.6 is 12.2 Å². The van der Waals surface area contributed by atoms with Gasteiger partial charge in [-0.05, 0) is 63.7 Å². The fourth-order valence-corrected chi connectivity index (χ4v) is 2.31. The third-order valence-electron chi connectivity index (χ3n) is 3.40. The standard InChI is InChI=1S/C17H27N3O2S/c1-4-20(5-2)16(21)14-8-10-15(11-9-14)19-17(23)18-12-7-13-22-6-3/h8-11H,4-7,12-13H2,1-3H3,(H2,18,19,23). The number of rotatable bonds is 9. The van der Waals surface area contributed by atoms with E-state index in [9.17, 15) is 4.79 Å². The highest BCUT2D eigenvalue weighted by atomic mass is 32.1. The highest BCUT2D eigenvalue weighted by Crippen LogP contribution is 2.11. The minimum atomic E-state index is 0.0539. The lowest BCUT2D eigenvalue weighted by Crippen LogP contribution is -2.31. The molecule has 1 amide bonds. The van der Waals surface area contributed by atoms with Gasteiger partial charge in [0.15, 0.2) is 5.11 Å². The minimum Gasteiger partial charge on any atom is -0.382 e. The van der Waals surface area contributed by atoms with Gasteiger partial charge in [-0.25, -0.2) is 0 Å². The van der Waals surface area contributed by atoms with E-state index in [0.29, 0.717) is 23.8 Å². The van der Waals surface area contributed by atoms with Gasteiger partial charge in [0, 0.05) is 44.1 Å². The fraction of sp³-hybridized carbons (Fsp3) is 0.529. The Balaban J connectivity index is 2.44. The molecule has 6 heteroatoms. The largest absolute Gasteiger partial charge is 0.382 e. The van der Waals surface area contributed by atoms with Gasteiger partial charge in [-0.3, -0.25) is 4.79 Å². The zero-order valence-electron chi connectivity index (χ0n) is 14.2. The van der Waals surface area contributed by atoms with E-state index in [1.54, 1.807) is 4.90 Å². The lowest BCUT2D eigenvalue weighted by atomic mass is 10.2. The maximum atomic E-state index is 12.2. The number of carbonyl (C=O) groups is 1. The number of hydrogen-bond acceptors (Lipinski definition) is 3. The van der Waals surface area contributed by atoms with Gasteiger partial charge in [-0.15, -0.1) is 0 Å². The molecule has 0 fully saturated rings. The second-order valence-corrected chi connectivity index (χ2v) is 5.39. The summed E-state index contributed by atoms with van der Waals surface area (Å²) in [7, 11) is 0. The molecule has 0 unspecified atom stereocenters. The molecule has 0 aliphatic carbocycles. The minimum absolute atomic E-state index is 0.0539. The smallest absolute Gasteiger partial charge is 0.253 e. The number of carbonyl (C=O) groups excluding carboxylic acids is 1. The van der Waals surface area contributed by atoms with Crippen LogP contribution in [0.15, 0.2) is 24.3 Å². The Morgan fingerprint density at radius 2 is 1.83 bits per heavy atom. The van der Waals surface area contributed by atoms with E-state index in [-0.39, 0.29) is 5.91 Å². The molecule has 0 heterocycles. The first-order valence-corrected chi connectivity index (χ1v) is 8.55. The van der Waals surface area contributed by atoms with Crippen LogP contribution in [0.1, 0.15) is 37.6 Å². The van der Waals surface area contributed by atoms with Crippen molar-refractivity contribution in [2.45, 2.75) is 27.2 Å². The number of thiocarbonyl (C=S) groups is 1. The Bertz CT molecular complexity index is 487. The molecule has 0 aliphatic rings. The maximum absolute atomic E-state index is 12.2. The molecule has 2 N–H and O–H groups in total. The molecule has 23 heavy (non-hydrogen) atoms. The summed E-state index contributed by atoms with van der Waals surface area (Å²) in [5, 5.41) is 6.81. The van der Waals surface area contributed by atoms with E-state index < -0.39 is 0 Å². The lowest BCUT2D eigenvalue weighted by Gasteiger charge is -2.18. The Kier molecular flexibility index (Phi) is 9.24. The monoisotopic (exact) mass is 337 g/mol. The molecule has 1 rings (SSSR count). The van der Waals surface area contributed by atoms with Crippen LogP contribution in [-0.2, 0) is 4.74 Å². The van der Waals surface area contributed by atoms with E-state index >= 15 is 0 Å². The molecule has 0 saturated carbocycles. The van der Waals surface area contributed by atoms with Crippen LogP contribution in [0.4, 0.5) is 5.69 Å². The van der Waals surface area contributed by atoms with Crippen molar-refractivity contribution in [2.24, 2.45) is 0 Å². The number of amides is 1. The highest BCUT2D eigenvalue weighted by molar-refractivity contribution is 7.80. The number of hydrogen-bond donors (Lipinski definition) is 2. The van der Waals surface area contributed by atoms with Gasteiger partial charge in [0.25, 0.3) is 5.91 Å². The zero-order chi connectivity index (χ0) is 17.1. The predicted octanol–water partition coefficient (Wildman–Crippen LogP) is 2.88. The second-order valence-electron chi connectivity index (χ2n) is 4.99. The molecule has 0 aliphatic heterocycles. The first kappa shape index (κ1) is 19.4. The highest BCUT2D eigenvalue weighted by Gasteiger charge is 2.11. The average molecular weight is 337 g/mol. The van der Waals surface area contributed by atoms with Crippen LogP contribution < -0.4 is 10.6 Å². The molecule has 1 aromatic rings. The average Bonchev–Trinajstić information content (AvgIpc) is 2.56. The Morgan fingerprint density at radius 3 is 2.39 bits per heavy atom. The molecule has 0 bridgehead atoms. The first-order chi connectivity index (χ1) is 11.1. The Hall–Kier alpha value is -1.66. The summed E-state index contributed by atoms with van der Waals surface area (Å²) >= 11 is 5.24. The van der Waals surface area contributed by atoms with Crippen molar-refractivity contribution < 1.29 is 9.53 Å². The van der Waals surface area contributed by atoms with E-state index in [0.717, 1.165) is 31.9 Å². The summed E-state index contributed by atoms with van der Waals surface area (Å²) in [6.07, 6.45) is 0.910. The topological polar surface area (TPSA) is 53.6 Å². The molecular formula is C17H27N3O2S. The summed E-state index contributed by atoms with van der Waals surface area (Å²) in [6, 6.07) is 7.37. The number of nitrogens with zero attached hydrogens (tertiary/aromatic N) is 1. The van der Waals surface area contributed by atoms with Gasteiger partial charge < -0.3 is 20.3 Å². The van der Waals surface area contributed by atoms with Crippen LogP contribution in [-0.4, -0.2) is 48.8 Å². The molecular weight excluding hydrogens is 310 g/mol. The van der Waals surface area contributed by atoms with Gasteiger partial charge in [-0.1, -0.05) is 0 Å². The third-order valence-corrected chi connectivity index (χ3v) is 3.64. The van der Waals surface area contributed by atoms with Gasteiger partial charge >= 0.3 is 0 Å². The molecule has 0 saturated heterocycles. The quantitative estimate of drug-likeness (QED) is 0.536. The van der Waals surface area contributed by atoms with Crippen molar-refractivity contribution in [1.29, 1.82) is 0 Å². The first-order valence-electron chi connectivity index (χ1n) is 8.14. The summed E-state index contributed by atoms with van der Waals surface area (Å²) in [5.41, 5.74) is 1.55. The van der Waals surface area contributed by atoms with Crippen LogP contribution in [0.3, 0.4) is 0 Å². The molecule has 0 spiro atoms. The SMILES string of the molecule is CCOCCCNC(=S)Nc1ccc(C(=O)N(CC)CC)cc1. The van der Waals surface area contributed by atoms with E-state index in [4.69, 9.17) is 17.0 Å². The fourth-order valence-electron chi connectivity index (χ4n) is 2.09. The summed E-state index contributed by atoms with van der Waals surface area (Å²) < 4.78 is 5.27. The van der Waals surface area contributed by atoms with Gasteiger partial charge in [0.2, 0.25) is 0 Å². The zero-order valence-corrected chi connectivity index (χ0v) is 15.0. The lowest BCUT2D eigenvalue weighted by molar-refractivity contribution is 0.0773. The Morgan fingerprint density at radius 1 is 1.17 bits per heavy atom. The van der Waals surface area contributed by atoms with E-state index in [1.807, 2.05) is 45.0 Å². The number of benzene rings is 1. The van der Waals surface area contributed by atoms with E-state index in [1.165, 1.54) is 0 Å². The summed E-state index contributed by atoms with van der Waals surface area (Å²) in [4.78, 5) is 14.0. The summed E-state index contributed by atoms with van der Waals surface area (Å²) in [5.74, 6) is 0.0539. The third kappa shape index (κ3) is 6.97. The maximum Gasteiger partial charge on any atom is 0.253 e. The Labute approximate surface area is 144 Å². The van der Waals surface area contributed by atoms with Gasteiger partial charge in [0.1, 0.15) is 0 Å². The van der Waals surface area contributed by atoms with Gasteiger partial charge in [0.05, 0.1) is 0 Å². The molecule has 0 radical (unpaired) electrons. The molecule has 0 aromatic heterocycles. The number of ether oxygens (including phenoxy) is 1. The van der Waals surface area contributed by atoms with Crippen LogP contribution in [0.2, 0.25) is 0 Å². The van der Waals surface area contributed by atoms with Crippen LogP contribution in [0.5, 0.6) is 0 Å². The van der Waals surface area contributed by atoms with Crippen LogP contribution in [0, 0.1) is 0 Å². The van der Waals surface area contributed by atoms with Crippen molar-refractivity contribution in [3.63, 3.8) is 0 Å². The van der Waals surface area contributed by atoms with Crippen molar-refractivity contribution in [3.8, 4) is 0 Å². The van der Waals surface area contributed by atoms with Crippen molar-refractivity contribution in [1.82, 2.24) is 10.2 Å². The molecule has 0 atom stereocenters.